The van der Waals surface area contributed by atoms with Crippen molar-refractivity contribution in [2.75, 3.05) is 13.1 Å². The molecular formula is C13H20N4O2. The number of carbonyl (C=O) groups excluding carboxylic acids is 1. The lowest BCUT2D eigenvalue weighted by atomic mass is 9.92. The van der Waals surface area contributed by atoms with Crippen molar-refractivity contribution >= 4 is 5.91 Å². The third-order valence-electron chi connectivity index (χ3n) is 4.17. The van der Waals surface area contributed by atoms with Crippen LogP contribution in [0.4, 0.5) is 0 Å². The number of nitrogens with one attached hydrogen (secondary N) is 1. The lowest BCUT2D eigenvalue weighted by Gasteiger charge is -2.32. The zero-order valence-corrected chi connectivity index (χ0v) is 11.2. The second-order valence-electron chi connectivity index (χ2n) is 5.69. The van der Waals surface area contributed by atoms with Crippen molar-refractivity contribution in [2.24, 2.45) is 5.92 Å². The van der Waals surface area contributed by atoms with Crippen molar-refractivity contribution < 1.29 is 9.90 Å². The molecule has 0 bridgehead atoms. The molecule has 19 heavy (non-hydrogen) atoms. The molecule has 0 spiro atoms. The van der Waals surface area contributed by atoms with Gasteiger partial charge in [0.25, 0.3) is 5.91 Å². The van der Waals surface area contributed by atoms with Crippen molar-refractivity contribution in [1.82, 2.24) is 20.1 Å². The first kappa shape index (κ1) is 12.6. The number of aliphatic hydroxyl groups is 1. The maximum absolute atomic E-state index is 12.3. The average molecular weight is 264 g/mol. The van der Waals surface area contributed by atoms with E-state index in [9.17, 15) is 9.90 Å². The van der Waals surface area contributed by atoms with Crippen LogP contribution in [-0.4, -0.2) is 50.3 Å². The Bertz CT molecular complexity index is 459. The van der Waals surface area contributed by atoms with Gasteiger partial charge in [0, 0.05) is 19.0 Å². The van der Waals surface area contributed by atoms with E-state index in [1.54, 1.807) is 4.90 Å². The van der Waals surface area contributed by atoms with E-state index in [0.717, 1.165) is 31.5 Å². The highest BCUT2D eigenvalue weighted by molar-refractivity contribution is 5.90. The molecule has 1 aliphatic heterocycles. The number of H-pyrrole nitrogens is 1. The van der Waals surface area contributed by atoms with Crippen LogP contribution >= 0.6 is 0 Å². The molecule has 2 fully saturated rings. The Kier molecular flexibility index (Phi) is 3.26. The normalized spacial score (nSPS) is 22.5. The van der Waals surface area contributed by atoms with Gasteiger partial charge in [-0.15, -0.1) is 5.10 Å². The Balaban J connectivity index is 1.61. The number of piperidine rings is 1. The Morgan fingerprint density at radius 3 is 2.63 bits per heavy atom. The van der Waals surface area contributed by atoms with Crippen LogP contribution < -0.4 is 0 Å². The van der Waals surface area contributed by atoms with Crippen molar-refractivity contribution in [3.63, 3.8) is 0 Å². The highest BCUT2D eigenvalue weighted by Crippen LogP contribution is 2.37. The van der Waals surface area contributed by atoms with Gasteiger partial charge in [-0.2, -0.15) is 0 Å². The molecule has 1 aromatic rings. The number of aromatic amines is 1. The fourth-order valence-electron chi connectivity index (χ4n) is 2.64. The Labute approximate surface area is 112 Å². The molecule has 1 amide bonds. The Hall–Kier alpha value is -1.43. The summed E-state index contributed by atoms with van der Waals surface area (Å²) in [5, 5.41) is 16.5. The van der Waals surface area contributed by atoms with Crippen LogP contribution in [0.2, 0.25) is 0 Å². The summed E-state index contributed by atoms with van der Waals surface area (Å²) in [5.41, 5.74) is 0. The number of rotatable bonds is 3. The molecule has 2 aliphatic rings. The van der Waals surface area contributed by atoms with E-state index >= 15 is 0 Å². The molecule has 0 aromatic carbocycles. The van der Waals surface area contributed by atoms with Crippen molar-refractivity contribution in [3.8, 4) is 0 Å². The fourth-order valence-corrected chi connectivity index (χ4v) is 2.64. The van der Waals surface area contributed by atoms with Gasteiger partial charge < -0.3 is 10.0 Å². The molecule has 2 N–H and O–H groups in total. The zero-order valence-electron chi connectivity index (χ0n) is 11.2. The smallest absolute Gasteiger partial charge is 0.293 e. The van der Waals surface area contributed by atoms with Gasteiger partial charge in [0.15, 0.2) is 0 Å². The molecule has 1 aromatic heterocycles. The molecule has 1 atom stereocenters. The van der Waals surface area contributed by atoms with E-state index in [0.29, 0.717) is 24.9 Å². The second kappa shape index (κ2) is 4.92. The van der Waals surface area contributed by atoms with Crippen molar-refractivity contribution in [2.45, 2.75) is 44.6 Å². The van der Waals surface area contributed by atoms with E-state index in [1.807, 2.05) is 6.92 Å². The summed E-state index contributed by atoms with van der Waals surface area (Å²) in [6, 6.07) is 0. The Morgan fingerprint density at radius 2 is 2.05 bits per heavy atom. The van der Waals surface area contributed by atoms with Gasteiger partial charge in [-0.25, -0.2) is 4.98 Å². The van der Waals surface area contributed by atoms with Crippen LogP contribution in [0.1, 0.15) is 55.0 Å². The van der Waals surface area contributed by atoms with Gasteiger partial charge in [0.2, 0.25) is 5.82 Å². The van der Waals surface area contributed by atoms with E-state index in [-0.39, 0.29) is 17.8 Å². The van der Waals surface area contributed by atoms with Crippen LogP contribution in [0.15, 0.2) is 0 Å². The van der Waals surface area contributed by atoms with E-state index in [1.165, 1.54) is 0 Å². The molecule has 3 rings (SSSR count). The predicted octanol–water partition coefficient (Wildman–Crippen LogP) is 0.915. The summed E-state index contributed by atoms with van der Waals surface area (Å²) in [6.45, 7) is 3.18. The summed E-state index contributed by atoms with van der Waals surface area (Å²) in [4.78, 5) is 18.3. The number of aromatic nitrogens is 3. The molecule has 1 aliphatic carbocycles. The summed E-state index contributed by atoms with van der Waals surface area (Å²) in [7, 11) is 0. The molecule has 104 valence electrons. The monoisotopic (exact) mass is 264 g/mol. The van der Waals surface area contributed by atoms with Gasteiger partial charge in [0.1, 0.15) is 5.82 Å². The number of likely N-dealkylation sites (tertiary alicyclic amines) is 1. The number of hydrogen-bond donors (Lipinski definition) is 2. The van der Waals surface area contributed by atoms with Gasteiger partial charge >= 0.3 is 0 Å². The SMILES string of the molecule is CC(O)C1CCN(C(=O)c2n[nH]c(C3CC3)n2)CC1. The number of aliphatic hydroxyl groups excluding tert-OH is 1. The largest absolute Gasteiger partial charge is 0.393 e. The summed E-state index contributed by atoms with van der Waals surface area (Å²) in [5.74, 6) is 1.83. The molecule has 2 heterocycles. The lowest BCUT2D eigenvalue weighted by Crippen LogP contribution is -2.41. The number of nitrogens with zero attached hydrogens (tertiary/aromatic N) is 3. The number of hydrogen-bond acceptors (Lipinski definition) is 4. The quantitative estimate of drug-likeness (QED) is 0.850. The van der Waals surface area contributed by atoms with E-state index < -0.39 is 0 Å². The third kappa shape index (κ3) is 2.63. The third-order valence-corrected chi connectivity index (χ3v) is 4.17. The molecule has 1 unspecified atom stereocenters. The zero-order chi connectivity index (χ0) is 13.4. The van der Waals surface area contributed by atoms with Crippen LogP contribution in [0, 0.1) is 5.92 Å². The van der Waals surface area contributed by atoms with Gasteiger partial charge in [0.05, 0.1) is 6.10 Å². The summed E-state index contributed by atoms with van der Waals surface area (Å²) >= 11 is 0. The van der Waals surface area contributed by atoms with Gasteiger partial charge in [-0.05, 0) is 38.5 Å². The minimum atomic E-state index is -0.290. The standard InChI is InChI=1S/C13H20N4O2/c1-8(18)9-4-6-17(7-5-9)13(19)12-14-11(15-16-12)10-2-3-10/h8-10,18H,2-7H2,1H3,(H,14,15,16). The fraction of sp³-hybridized carbons (Fsp3) is 0.769. The van der Waals surface area contributed by atoms with E-state index in [4.69, 9.17) is 0 Å². The van der Waals surface area contributed by atoms with Crippen LogP contribution in [0.25, 0.3) is 0 Å². The van der Waals surface area contributed by atoms with Crippen molar-refractivity contribution in [3.05, 3.63) is 11.6 Å². The maximum atomic E-state index is 12.3. The first-order valence-electron chi connectivity index (χ1n) is 7.05. The molecule has 1 saturated heterocycles. The minimum absolute atomic E-state index is 0.0906. The number of carbonyl (C=O) groups is 1. The van der Waals surface area contributed by atoms with Crippen LogP contribution in [-0.2, 0) is 0 Å². The van der Waals surface area contributed by atoms with Crippen LogP contribution in [0.3, 0.4) is 0 Å². The molecule has 0 radical (unpaired) electrons. The molecule has 1 saturated carbocycles. The van der Waals surface area contributed by atoms with E-state index in [2.05, 4.69) is 15.2 Å². The first-order valence-corrected chi connectivity index (χ1v) is 7.05. The lowest BCUT2D eigenvalue weighted by molar-refractivity contribution is 0.0512. The first-order chi connectivity index (χ1) is 9.15. The minimum Gasteiger partial charge on any atom is -0.393 e. The summed E-state index contributed by atoms with van der Waals surface area (Å²) < 4.78 is 0. The maximum Gasteiger partial charge on any atom is 0.293 e. The topological polar surface area (TPSA) is 82.1 Å². The second-order valence-corrected chi connectivity index (χ2v) is 5.69. The van der Waals surface area contributed by atoms with Crippen molar-refractivity contribution in [1.29, 1.82) is 0 Å². The van der Waals surface area contributed by atoms with Gasteiger partial charge in [-0.3, -0.25) is 9.89 Å². The average Bonchev–Trinajstić information content (AvgIpc) is 3.16. The summed E-state index contributed by atoms with van der Waals surface area (Å²) in [6.07, 6.45) is 3.69. The number of amides is 1. The molecule has 6 nitrogen and oxygen atoms in total. The van der Waals surface area contributed by atoms with Crippen LogP contribution in [0.5, 0.6) is 0 Å². The molecular weight excluding hydrogens is 244 g/mol. The predicted molar refractivity (Wildman–Crippen MR) is 68.7 cm³/mol. The highest BCUT2D eigenvalue weighted by atomic mass is 16.3. The molecule has 6 heteroatoms. The Morgan fingerprint density at radius 1 is 1.37 bits per heavy atom. The highest BCUT2D eigenvalue weighted by Gasteiger charge is 2.31. The van der Waals surface area contributed by atoms with Gasteiger partial charge in [-0.1, -0.05) is 0 Å².